The second-order valence-corrected chi connectivity index (χ2v) is 7.51. The Morgan fingerprint density at radius 3 is 2.95 bits per heavy atom. The predicted molar refractivity (Wildman–Crippen MR) is 94.9 cm³/mol. The quantitative estimate of drug-likeness (QED) is 0.736. The Bertz CT molecular complexity index is 436. The number of piperidine rings is 1. The molecule has 1 aromatic rings. The minimum absolute atomic E-state index is 0.752. The smallest absolute Gasteiger partial charge is 0.0542 e. The van der Waals surface area contributed by atoms with Gasteiger partial charge in [0.2, 0.25) is 0 Å². The van der Waals surface area contributed by atoms with E-state index in [1.54, 1.807) is 11.8 Å². The fraction of sp³-hybridized carbons (Fsp3) is 0.625. The van der Waals surface area contributed by atoms with Gasteiger partial charge in [0.1, 0.15) is 0 Å². The van der Waals surface area contributed by atoms with E-state index in [0.717, 1.165) is 39.7 Å². The van der Waals surface area contributed by atoms with E-state index in [9.17, 15) is 0 Å². The highest BCUT2D eigenvalue weighted by Crippen LogP contribution is 2.29. The highest BCUT2D eigenvalue weighted by molar-refractivity contribution is 7.99. The van der Waals surface area contributed by atoms with Crippen LogP contribution in [-0.2, 0) is 0 Å². The van der Waals surface area contributed by atoms with Crippen LogP contribution >= 0.6 is 35.0 Å². The third-order valence-corrected chi connectivity index (χ3v) is 5.63. The molecule has 21 heavy (non-hydrogen) atoms. The fourth-order valence-electron chi connectivity index (χ4n) is 2.70. The zero-order valence-corrected chi connectivity index (χ0v) is 14.9. The summed E-state index contributed by atoms with van der Waals surface area (Å²) in [5.74, 6) is 1.85. The number of hydrogen-bond donors (Lipinski definition) is 1. The molecular formula is C16H24Cl2N2S. The number of nitrogens with one attached hydrogen (secondary N) is 1. The van der Waals surface area contributed by atoms with Crippen LogP contribution in [0.3, 0.4) is 0 Å². The van der Waals surface area contributed by atoms with E-state index < -0.39 is 0 Å². The predicted octanol–water partition coefficient (Wildman–Crippen LogP) is 4.41. The summed E-state index contributed by atoms with van der Waals surface area (Å²) in [7, 11) is 0. The first-order chi connectivity index (χ1) is 10.2. The van der Waals surface area contributed by atoms with Crippen LogP contribution in [0.4, 0.5) is 0 Å². The Morgan fingerprint density at radius 1 is 1.38 bits per heavy atom. The molecule has 1 fully saturated rings. The summed E-state index contributed by atoms with van der Waals surface area (Å²) in [5.41, 5.74) is 0. The lowest BCUT2D eigenvalue weighted by atomic mass is 9.99. The Hall–Kier alpha value is 0.0700. The van der Waals surface area contributed by atoms with E-state index in [2.05, 4.69) is 17.1 Å². The highest BCUT2D eigenvalue weighted by atomic mass is 35.5. The molecule has 0 saturated carbocycles. The summed E-state index contributed by atoms with van der Waals surface area (Å²) in [6, 6.07) is 5.66. The van der Waals surface area contributed by atoms with Crippen LogP contribution in [0.15, 0.2) is 23.1 Å². The van der Waals surface area contributed by atoms with E-state index in [0.29, 0.717) is 0 Å². The summed E-state index contributed by atoms with van der Waals surface area (Å²) in [6.45, 7) is 8.01. The zero-order valence-electron chi connectivity index (χ0n) is 12.6. The van der Waals surface area contributed by atoms with Gasteiger partial charge in [-0.05, 0) is 56.6 Å². The maximum absolute atomic E-state index is 6.20. The number of thioether (sulfide) groups is 1. The molecule has 5 heteroatoms. The molecule has 118 valence electrons. The van der Waals surface area contributed by atoms with Gasteiger partial charge in [0.25, 0.3) is 0 Å². The van der Waals surface area contributed by atoms with Crippen LogP contribution in [0.5, 0.6) is 0 Å². The van der Waals surface area contributed by atoms with Gasteiger partial charge in [-0.3, -0.25) is 0 Å². The third kappa shape index (κ3) is 5.99. The van der Waals surface area contributed by atoms with E-state index in [-0.39, 0.29) is 0 Å². The Morgan fingerprint density at radius 2 is 2.24 bits per heavy atom. The molecule has 0 aliphatic carbocycles. The van der Waals surface area contributed by atoms with Crippen molar-refractivity contribution in [1.29, 1.82) is 0 Å². The van der Waals surface area contributed by atoms with E-state index in [1.807, 2.05) is 18.2 Å². The fourth-order valence-corrected chi connectivity index (χ4v) is 4.20. The zero-order chi connectivity index (χ0) is 15.1. The van der Waals surface area contributed by atoms with Gasteiger partial charge in [-0.1, -0.05) is 30.1 Å². The van der Waals surface area contributed by atoms with Gasteiger partial charge in [0.15, 0.2) is 0 Å². The van der Waals surface area contributed by atoms with Crippen molar-refractivity contribution in [1.82, 2.24) is 10.2 Å². The summed E-state index contributed by atoms with van der Waals surface area (Å²) in [4.78, 5) is 3.63. The van der Waals surface area contributed by atoms with Crippen LogP contribution in [0, 0.1) is 5.92 Å². The van der Waals surface area contributed by atoms with Gasteiger partial charge in [-0.25, -0.2) is 0 Å². The van der Waals surface area contributed by atoms with Crippen molar-refractivity contribution < 1.29 is 0 Å². The number of nitrogens with zero attached hydrogens (tertiary/aromatic N) is 1. The lowest BCUT2D eigenvalue weighted by molar-refractivity contribution is 0.226. The number of benzene rings is 1. The van der Waals surface area contributed by atoms with E-state index >= 15 is 0 Å². The van der Waals surface area contributed by atoms with Crippen molar-refractivity contribution in [3.63, 3.8) is 0 Å². The van der Waals surface area contributed by atoms with Gasteiger partial charge in [-0.15, -0.1) is 11.8 Å². The van der Waals surface area contributed by atoms with Gasteiger partial charge in [-0.2, -0.15) is 0 Å². The average Bonchev–Trinajstić information content (AvgIpc) is 2.50. The van der Waals surface area contributed by atoms with Crippen LogP contribution in [0.25, 0.3) is 0 Å². The van der Waals surface area contributed by atoms with E-state index in [4.69, 9.17) is 23.2 Å². The first kappa shape index (κ1) is 17.4. The molecule has 0 bridgehead atoms. The first-order valence-corrected chi connectivity index (χ1v) is 9.44. The monoisotopic (exact) mass is 346 g/mol. The van der Waals surface area contributed by atoms with Crippen molar-refractivity contribution >= 4 is 35.0 Å². The molecular weight excluding hydrogens is 323 g/mol. The van der Waals surface area contributed by atoms with Crippen molar-refractivity contribution in [2.45, 2.75) is 24.7 Å². The summed E-state index contributed by atoms with van der Waals surface area (Å²) in [6.07, 6.45) is 2.67. The molecule has 0 aromatic heterocycles. The molecule has 1 saturated heterocycles. The Kier molecular flexibility index (Phi) is 7.69. The van der Waals surface area contributed by atoms with Gasteiger partial charge in [0.05, 0.1) is 5.02 Å². The van der Waals surface area contributed by atoms with Crippen LogP contribution in [0.1, 0.15) is 19.8 Å². The Balaban J connectivity index is 1.76. The normalized spacial score (nSPS) is 19.1. The molecule has 1 atom stereocenters. The first-order valence-electron chi connectivity index (χ1n) is 7.70. The maximum atomic E-state index is 6.20. The molecule has 0 amide bonds. The van der Waals surface area contributed by atoms with Crippen molar-refractivity contribution in [3.8, 4) is 0 Å². The van der Waals surface area contributed by atoms with Crippen molar-refractivity contribution in [2.24, 2.45) is 5.92 Å². The third-order valence-electron chi connectivity index (χ3n) is 3.92. The lowest BCUT2D eigenvalue weighted by Gasteiger charge is -2.29. The molecule has 1 N–H and O–H groups in total. The van der Waals surface area contributed by atoms with Crippen molar-refractivity contribution in [3.05, 3.63) is 28.2 Å². The Labute approximate surface area is 142 Å². The molecule has 0 radical (unpaired) electrons. The standard InChI is InChI=1S/C16H24Cl2N2S/c1-2-20(12-13-4-3-7-19-11-13)8-9-21-16-10-14(17)5-6-15(16)18/h5-6,10,13,19H,2-4,7-9,11-12H2,1H3. The second-order valence-electron chi connectivity index (χ2n) is 5.53. The largest absolute Gasteiger partial charge is 0.316 e. The minimum atomic E-state index is 0.752. The maximum Gasteiger partial charge on any atom is 0.0542 e. The number of halogens is 2. The van der Waals surface area contributed by atoms with E-state index in [1.165, 1.54) is 32.5 Å². The van der Waals surface area contributed by atoms with Gasteiger partial charge < -0.3 is 10.2 Å². The summed E-state index contributed by atoms with van der Waals surface area (Å²) in [5, 5.41) is 5.04. The number of rotatable bonds is 7. The SMILES string of the molecule is CCN(CCSc1cc(Cl)ccc1Cl)CC1CCCNC1. The molecule has 0 spiro atoms. The summed E-state index contributed by atoms with van der Waals surface area (Å²) >= 11 is 14.0. The van der Waals surface area contributed by atoms with Crippen LogP contribution in [-0.4, -0.2) is 43.4 Å². The van der Waals surface area contributed by atoms with Gasteiger partial charge >= 0.3 is 0 Å². The topological polar surface area (TPSA) is 15.3 Å². The molecule has 1 aromatic carbocycles. The molecule has 2 nitrogen and oxygen atoms in total. The average molecular weight is 347 g/mol. The molecule has 1 heterocycles. The van der Waals surface area contributed by atoms with Crippen LogP contribution in [0.2, 0.25) is 10.0 Å². The van der Waals surface area contributed by atoms with Crippen LogP contribution < -0.4 is 5.32 Å². The molecule has 1 aliphatic rings. The molecule has 1 aliphatic heterocycles. The second kappa shape index (κ2) is 9.26. The van der Waals surface area contributed by atoms with Crippen molar-refractivity contribution in [2.75, 3.05) is 38.5 Å². The number of hydrogen-bond acceptors (Lipinski definition) is 3. The van der Waals surface area contributed by atoms with Gasteiger partial charge in [0, 0.05) is 28.8 Å². The molecule has 1 unspecified atom stereocenters. The molecule has 2 rings (SSSR count). The highest BCUT2D eigenvalue weighted by Gasteiger charge is 2.16. The lowest BCUT2D eigenvalue weighted by Crippen LogP contribution is -2.39. The minimum Gasteiger partial charge on any atom is -0.316 e. The summed E-state index contributed by atoms with van der Waals surface area (Å²) < 4.78 is 0.